The standard InChI is InChI=1S/C15H20ClN3O2/c1-19(2)10-9-17-13(20)15(7-8-15)14(21)18-12-6-4-3-5-11(12)16/h3-6H,7-10H2,1-2H3,(H,17,20)(H,18,21). The topological polar surface area (TPSA) is 61.4 Å². The number of hydrogen-bond acceptors (Lipinski definition) is 3. The molecule has 5 nitrogen and oxygen atoms in total. The number of amides is 2. The number of carbonyl (C=O) groups is 2. The van der Waals surface area contributed by atoms with Crippen LogP contribution >= 0.6 is 11.6 Å². The van der Waals surface area contributed by atoms with E-state index in [0.29, 0.717) is 30.1 Å². The van der Waals surface area contributed by atoms with Crippen molar-refractivity contribution in [2.45, 2.75) is 12.8 Å². The number of anilines is 1. The lowest BCUT2D eigenvalue weighted by Crippen LogP contribution is -2.42. The van der Waals surface area contributed by atoms with E-state index in [0.717, 1.165) is 6.54 Å². The summed E-state index contributed by atoms with van der Waals surface area (Å²) in [5.74, 6) is -0.480. The van der Waals surface area contributed by atoms with Crippen molar-refractivity contribution >= 4 is 29.1 Å². The van der Waals surface area contributed by atoms with E-state index in [1.54, 1.807) is 24.3 Å². The molecule has 0 atom stereocenters. The maximum absolute atomic E-state index is 12.3. The minimum Gasteiger partial charge on any atom is -0.354 e. The van der Waals surface area contributed by atoms with Gasteiger partial charge in [0.1, 0.15) is 5.41 Å². The Balaban J connectivity index is 1.95. The Morgan fingerprint density at radius 3 is 2.48 bits per heavy atom. The van der Waals surface area contributed by atoms with Gasteiger partial charge in [-0.05, 0) is 39.1 Å². The van der Waals surface area contributed by atoms with Crippen LogP contribution in [0.15, 0.2) is 24.3 Å². The van der Waals surface area contributed by atoms with Gasteiger partial charge >= 0.3 is 0 Å². The van der Waals surface area contributed by atoms with Gasteiger partial charge in [0, 0.05) is 13.1 Å². The van der Waals surface area contributed by atoms with Crippen molar-refractivity contribution in [1.82, 2.24) is 10.2 Å². The van der Waals surface area contributed by atoms with Gasteiger partial charge in [-0.3, -0.25) is 9.59 Å². The fourth-order valence-corrected chi connectivity index (χ4v) is 2.23. The van der Waals surface area contributed by atoms with E-state index >= 15 is 0 Å². The number of nitrogens with zero attached hydrogens (tertiary/aromatic N) is 1. The predicted molar refractivity (Wildman–Crippen MR) is 83.3 cm³/mol. The van der Waals surface area contributed by atoms with Crippen LogP contribution in [0.5, 0.6) is 0 Å². The molecule has 0 aromatic heterocycles. The lowest BCUT2D eigenvalue weighted by molar-refractivity contribution is -0.134. The number of hydrogen-bond donors (Lipinski definition) is 2. The van der Waals surface area contributed by atoms with Crippen LogP contribution in [0.25, 0.3) is 0 Å². The third-order valence-corrected chi connectivity index (χ3v) is 3.92. The fraction of sp³-hybridized carbons (Fsp3) is 0.467. The van der Waals surface area contributed by atoms with Crippen molar-refractivity contribution in [2.75, 3.05) is 32.5 Å². The predicted octanol–water partition coefficient (Wildman–Crippen LogP) is 1.74. The molecule has 114 valence electrons. The number of benzene rings is 1. The molecule has 0 bridgehead atoms. The normalized spacial score (nSPS) is 15.6. The molecule has 0 spiro atoms. The van der Waals surface area contributed by atoms with E-state index in [9.17, 15) is 9.59 Å². The number of halogens is 1. The van der Waals surface area contributed by atoms with E-state index in [-0.39, 0.29) is 11.8 Å². The maximum atomic E-state index is 12.3. The van der Waals surface area contributed by atoms with Crippen LogP contribution in [-0.2, 0) is 9.59 Å². The zero-order chi connectivity index (χ0) is 15.5. The van der Waals surface area contributed by atoms with Crippen molar-refractivity contribution in [2.24, 2.45) is 5.41 Å². The van der Waals surface area contributed by atoms with E-state index in [1.165, 1.54) is 0 Å². The van der Waals surface area contributed by atoms with Gasteiger partial charge in [0.05, 0.1) is 10.7 Å². The zero-order valence-electron chi connectivity index (χ0n) is 12.3. The smallest absolute Gasteiger partial charge is 0.240 e. The maximum Gasteiger partial charge on any atom is 0.240 e. The lowest BCUT2D eigenvalue weighted by atomic mass is 10.1. The molecule has 0 radical (unpaired) electrons. The SMILES string of the molecule is CN(C)CCNC(=O)C1(C(=O)Nc2ccccc2Cl)CC1. The molecule has 21 heavy (non-hydrogen) atoms. The van der Waals surface area contributed by atoms with Gasteiger partial charge in [-0.25, -0.2) is 0 Å². The quantitative estimate of drug-likeness (QED) is 0.787. The van der Waals surface area contributed by atoms with Gasteiger partial charge in [-0.1, -0.05) is 23.7 Å². The molecule has 2 amide bonds. The highest BCUT2D eigenvalue weighted by Gasteiger charge is 2.56. The number of para-hydroxylation sites is 1. The minimum absolute atomic E-state index is 0.200. The van der Waals surface area contributed by atoms with E-state index in [4.69, 9.17) is 11.6 Å². The molecule has 1 aliphatic rings. The van der Waals surface area contributed by atoms with Crippen molar-refractivity contribution < 1.29 is 9.59 Å². The van der Waals surface area contributed by atoms with E-state index in [1.807, 2.05) is 19.0 Å². The minimum atomic E-state index is -0.925. The summed E-state index contributed by atoms with van der Waals surface area (Å²) in [5, 5.41) is 6.04. The number of nitrogens with one attached hydrogen (secondary N) is 2. The first-order valence-corrected chi connectivity index (χ1v) is 7.32. The Hall–Kier alpha value is -1.59. The first-order valence-electron chi connectivity index (χ1n) is 6.95. The summed E-state index contributed by atoms with van der Waals surface area (Å²) in [6, 6.07) is 7.01. The van der Waals surface area contributed by atoms with Crippen molar-refractivity contribution in [3.05, 3.63) is 29.3 Å². The second kappa shape index (κ2) is 6.45. The molecule has 6 heteroatoms. The summed E-state index contributed by atoms with van der Waals surface area (Å²) < 4.78 is 0. The van der Waals surface area contributed by atoms with Crippen LogP contribution < -0.4 is 10.6 Å². The zero-order valence-corrected chi connectivity index (χ0v) is 13.0. The Morgan fingerprint density at radius 2 is 1.90 bits per heavy atom. The van der Waals surface area contributed by atoms with E-state index in [2.05, 4.69) is 10.6 Å². The molecule has 2 N–H and O–H groups in total. The Bertz CT molecular complexity index is 541. The second-order valence-corrected chi connectivity index (χ2v) is 5.98. The van der Waals surface area contributed by atoms with Crippen molar-refractivity contribution in [1.29, 1.82) is 0 Å². The molecule has 1 aromatic rings. The highest BCUT2D eigenvalue weighted by molar-refractivity contribution is 6.34. The van der Waals surface area contributed by atoms with Crippen LogP contribution in [-0.4, -0.2) is 43.9 Å². The number of carbonyl (C=O) groups excluding carboxylic acids is 2. The molecule has 2 rings (SSSR count). The largest absolute Gasteiger partial charge is 0.354 e. The Morgan fingerprint density at radius 1 is 1.24 bits per heavy atom. The molecule has 1 saturated carbocycles. The fourth-order valence-electron chi connectivity index (χ4n) is 2.05. The first kappa shape index (κ1) is 15.8. The van der Waals surface area contributed by atoms with Gasteiger partial charge in [-0.2, -0.15) is 0 Å². The first-order chi connectivity index (χ1) is 9.95. The molecular weight excluding hydrogens is 290 g/mol. The summed E-state index contributed by atoms with van der Waals surface area (Å²) in [6.07, 6.45) is 1.16. The summed E-state index contributed by atoms with van der Waals surface area (Å²) in [5.41, 5.74) is -0.387. The lowest BCUT2D eigenvalue weighted by Gasteiger charge is -2.17. The molecule has 0 aliphatic heterocycles. The van der Waals surface area contributed by atoms with Crippen LogP contribution in [0.2, 0.25) is 5.02 Å². The number of rotatable bonds is 6. The Labute approximate surface area is 129 Å². The van der Waals surface area contributed by atoms with E-state index < -0.39 is 5.41 Å². The molecule has 1 aromatic carbocycles. The van der Waals surface area contributed by atoms with Crippen molar-refractivity contribution in [3.8, 4) is 0 Å². The summed E-state index contributed by atoms with van der Waals surface area (Å²) >= 11 is 6.02. The second-order valence-electron chi connectivity index (χ2n) is 5.58. The van der Waals surface area contributed by atoms with Crippen LogP contribution in [0.1, 0.15) is 12.8 Å². The monoisotopic (exact) mass is 309 g/mol. The molecule has 0 unspecified atom stereocenters. The van der Waals surface area contributed by atoms with Gasteiger partial charge in [0.15, 0.2) is 0 Å². The average molecular weight is 310 g/mol. The highest BCUT2D eigenvalue weighted by atomic mass is 35.5. The molecule has 0 heterocycles. The number of likely N-dealkylation sites (N-methyl/N-ethyl adjacent to an activating group) is 1. The highest BCUT2D eigenvalue weighted by Crippen LogP contribution is 2.47. The molecular formula is C15H20ClN3O2. The van der Waals surface area contributed by atoms with Crippen LogP contribution in [0.4, 0.5) is 5.69 Å². The Kier molecular flexibility index (Phi) is 4.85. The molecule has 0 saturated heterocycles. The van der Waals surface area contributed by atoms with Crippen LogP contribution in [0, 0.1) is 5.41 Å². The van der Waals surface area contributed by atoms with Crippen molar-refractivity contribution in [3.63, 3.8) is 0 Å². The molecule has 1 aliphatic carbocycles. The average Bonchev–Trinajstić information content (AvgIpc) is 3.22. The third kappa shape index (κ3) is 3.74. The van der Waals surface area contributed by atoms with Crippen LogP contribution in [0.3, 0.4) is 0 Å². The summed E-state index contributed by atoms with van der Waals surface area (Å²) in [6.45, 7) is 1.28. The third-order valence-electron chi connectivity index (χ3n) is 3.59. The van der Waals surface area contributed by atoms with Gasteiger partial charge in [-0.15, -0.1) is 0 Å². The molecule has 1 fully saturated rings. The summed E-state index contributed by atoms with van der Waals surface area (Å²) in [4.78, 5) is 26.5. The summed E-state index contributed by atoms with van der Waals surface area (Å²) in [7, 11) is 3.87. The van der Waals surface area contributed by atoms with Gasteiger partial charge in [0.2, 0.25) is 11.8 Å². The van der Waals surface area contributed by atoms with Gasteiger partial charge in [0.25, 0.3) is 0 Å². The van der Waals surface area contributed by atoms with Gasteiger partial charge < -0.3 is 15.5 Å².